The molecule has 0 aliphatic carbocycles. The first kappa shape index (κ1) is 20.2. The van der Waals surface area contributed by atoms with Crippen molar-refractivity contribution in [3.63, 3.8) is 0 Å². The van der Waals surface area contributed by atoms with Crippen molar-refractivity contribution < 1.29 is 9.59 Å². The van der Waals surface area contributed by atoms with Crippen LogP contribution < -0.4 is 10.6 Å². The molecule has 2 aliphatic rings. The Morgan fingerprint density at radius 1 is 1.21 bits per heavy atom. The van der Waals surface area contributed by atoms with Gasteiger partial charge in [-0.1, -0.05) is 37.3 Å². The summed E-state index contributed by atoms with van der Waals surface area (Å²) in [7, 11) is 0. The molecule has 2 atom stereocenters. The molecule has 2 fully saturated rings. The number of hydrogen-bond acceptors (Lipinski definition) is 4. The van der Waals surface area contributed by atoms with Gasteiger partial charge in [-0.25, -0.2) is 0 Å². The van der Waals surface area contributed by atoms with E-state index in [0.717, 1.165) is 41.4 Å². The summed E-state index contributed by atoms with van der Waals surface area (Å²) in [5.41, 5.74) is 0.748. The minimum atomic E-state index is -0.142. The van der Waals surface area contributed by atoms with Crippen LogP contribution in [0.3, 0.4) is 0 Å². The van der Waals surface area contributed by atoms with Crippen molar-refractivity contribution >= 4 is 34.3 Å². The van der Waals surface area contributed by atoms with E-state index in [1.165, 1.54) is 0 Å². The number of hydrogen-bond donors (Lipinski definition) is 2. The van der Waals surface area contributed by atoms with Gasteiger partial charge >= 0.3 is 0 Å². The molecule has 29 heavy (non-hydrogen) atoms. The van der Waals surface area contributed by atoms with Crippen molar-refractivity contribution in [1.82, 2.24) is 15.5 Å². The highest BCUT2D eigenvalue weighted by atomic mass is 32.2. The highest BCUT2D eigenvalue weighted by Gasteiger charge is 2.44. The lowest BCUT2D eigenvalue weighted by atomic mass is 10.0. The SMILES string of the molecule is CC[C@@H](C)NC(=O)[C@@H]1CSC2(CCN(C(=O)c3ccc4ccccc4c3)CC2)N1. The molecule has 6 heteroatoms. The molecule has 2 saturated heterocycles. The lowest BCUT2D eigenvalue weighted by Crippen LogP contribution is -2.55. The van der Waals surface area contributed by atoms with E-state index in [4.69, 9.17) is 0 Å². The van der Waals surface area contributed by atoms with Crippen molar-refractivity contribution in [1.29, 1.82) is 0 Å². The van der Waals surface area contributed by atoms with Crippen LogP contribution in [0.4, 0.5) is 0 Å². The quantitative estimate of drug-likeness (QED) is 0.810. The van der Waals surface area contributed by atoms with Gasteiger partial charge in [0.1, 0.15) is 0 Å². The molecule has 0 unspecified atom stereocenters. The van der Waals surface area contributed by atoms with Crippen molar-refractivity contribution in [3.05, 3.63) is 48.0 Å². The van der Waals surface area contributed by atoms with Crippen LogP contribution in [0.2, 0.25) is 0 Å². The van der Waals surface area contributed by atoms with E-state index in [-0.39, 0.29) is 28.8 Å². The fourth-order valence-corrected chi connectivity index (χ4v) is 5.51. The average Bonchev–Trinajstić information content (AvgIpc) is 3.17. The zero-order chi connectivity index (χ0) is 20.4. The second-order valence-electron chi connectivity index (χ2n) is 8.17. The van der Waals surface area contributed by atoms with Gasteiger partial charge in [-0.2, -0.15) is 0 Å². The highest BCUT2D eigenvalue weighted by Crippen LogP contribution is 2.39. The Morgan fingerprint density at radius 2 is 1.93 bits per heavy atom. The summed E-state index contributed by atoms with van der Waals surface area (Å²) in [6, 6.07) is 14.1. The number of rotatable bonds is 4. The van der Waals surface area contributed by atoms with Crippen LogP contribution in [0.5, 0.6) is 0 Å². The zero-order valence-corrected chi connectivity index (χ0v) is 17.9. The van der Waals surface area contributed by atoms with Crippen LogP contribution in [-0.4, -0.2) is 52.5 Å². The molecule has 2 aliphatic heterocycles. The number of nitrogens with one attached hydrogen (secondary N) is 2. The van der Waals surface area contributed by atoms with Crippen LogP contribution in [0.1, 0.15) is 43.5 Å². The monoisotopic (exact) mass is 411 g/mol. The van der Waals surface area contributed by atoms with Gasteiger partial charge in [0.25, 0.3) is 5.91 Å². The van der Waals surface area contributed by atoms with Crippen LogP contribution >= 0.6 is 11.8 Å². The van der Waals surface area contributed by atoms with Gasteiger partial charge in [-0.15, -0.1) is 11.8 Å². The number of thioether (sulfide) groups is 1. The Balaban J connectivity index is 1.36. The molecule has 2 heterocycles. The Hall–Kier alpha value is -2.05. The maximum atomic E-state index is 13.0. The first-order valence-corrected chi connectivity index (χ1v) is 11.5. The molecule has 2 N–H and O–H groups in total. The number of benzene rings is 2. The number of likely N-dealkylation sites (tertiary alicyclic amines) is 1. The predicted octanol–water partition coefficient (Wildman–Crippen LogP) is 3.39. The summed E-state index contributed by atoms with van der Waals surface area (Å²) < 4.78 is 0. The molecular formula is C23H29N3O2S. The second kappa shape index (κ2) is 8.36. The molecule has 0 saturated carbocycles. The Kier molecular flexibility index (Phi) is 5.83. The van der Waals surface area contributed by atoms with E-state index >= 15 is 0 Å². The summed E-state index contributed by atoms with van der Waals surface area (Å²) in [4.78, 5) is 27.3. The van der Waals surface area contributed by atoms with Gasteiger partial charge in [-0.05, 0) is 49.1 Å². The number of piperidine rings is 1. The molecular weight excluding hydrogens is 382 g/mol. The fraction of sp³-hybridized carbons (Fsp3) is 0.478. The van der Waals surface area contributed by atoms with E-state index in [0.29, 0.717) is 13.1 Å². The van der Waals surface area contributed by atoms with Crippen LogP contribution in [0.15, 0.2) is 42.5 Å². The number of carbonyl (C=O) groups is 2. The second-order valence-corrected chi connectivity index (χ2v) is 9.58. The third kappa shape index (κ3) is 4.28. The third-order valence-corrected chi connectivity index (χ3v) is 7.71. The Labute approximate surface area is 176 Å². The van der Waals surface area contributed by atoms with Gasteiger partial charge in [0.2, 0.25) is 5.91 Å². The maximum absolute atomic E-state index is 13.0. The van der Waals surface area contributed by atoms with Crippen molar-refractivity contribution in [3.8, 4) is 0 Å². The Bertz CT molecular complexity index is 908. The molecule has 5 nitrogen and oxygen atoms in total. The minimum absolute atomic E-state index is 0.0857. The van der Waals surface area contributed by atoms with E-state index in [1.54, 1.807) is 0 Å². The van der Waals surface area contributed by atoms with Gasteiger partial charge in [0.05, 0.1) is 10.9 Å². The lowest BCUT2D eigenvalue weighted by Gasteiger charge is -2.39. The Morgan fingerprint density at radius 3 is 2.66 bits per heavy atom. The molecule has 1 spiro atoms. The topological polar surface area (TPSA) is 61.4 Å². The molecule has 2 aromatic rings. The van der Waals surface area contributed by atoms with E-state index in [2.05, 4.69) is 23.6 Å². The van der Waals surface area contributed by atoms with E-state index in [9.17, 15) is 9.59 Å². The molecule has 0 radical (unpaired) electrons. The highest BCUT2D eigenvalue weighted by molar-refractivity contribution is 8.01. The average molecular weight is 412 g/mol. The molecule has 4 rings (SSSR count). The van der Waals surface area contributed by atoms with Crippen molar-refractivity contribution in [2.24, 2.45) is 0 Å². The normalized spacial score (nSPS) is 22.0. The van der Waals surface area contributed by atoms with Crippen LogP contribution in [0, 0.1) is 0 Å². The first-order chi connectivity index (χ1) is 14.0. The molecule has 2 aromatic carbocycles. The summed E-state index contributed by atoms with van der Waals surface area (Å²) in [5.74, 6) is 0.985. The van der Waals surface area contributed by atoms with Gasteiger partial charge < -0.3 is 10.2 Å². The lowest BCUT2D eigenvalue weighted by molar-refractivity contribution is -0.123. The smallest absolute Gasteiger partial charge is 0.253 e. The van der Waals surface area contributed by atoms with Crippen LogP contribution in [0.25, 0.3) is 10.8 Å². The van der Waals surface area contributed by atoms with Gasteiger partial charge in [0.15, 0.2) is 0 Å². The van der Waals surface area contributed by atoms with Crippen LogP contribution in [-0.2, 0) is 4.79 Å². The summed E-state index contributed by atoms with van der Waals surface area (Å²) >= 11 is 1.84. The third-order valence-electron chi connectivity index (χ3n) is 6.14. The van der Waals surface area contributed by atoms with Crippen molar-refractivity contribution in [2.45, 2.75) is 50.1 Å². The molecule has 2 amide bonds. The molecule has 154 valence electrons. The standard InChI is InChI=1S/C23H29N3O2S/c1-3-16(2)24-21(27)20-15-29-23(25-20)10-12-26(13-11-23)22(28)19-9-8-17-6-4-5-7-18(17)14-19/h4-9,14,16,20,25H,3,10-13,15H2,1-2H3,(H,24,27)/t16-,20+/m1/s1. The fourth-order valence-electron chi connectivity index (χ4n) is 4.10. The van der Waals surface area contributed by atoms with E-state index in [1.807, 2.05) is 60.0 Å². The summed E-state index contributed by atoms with van der Waals surface area (Å²) in [6.45, 7) is 5.54. The molecule has 0 aromatic heterocycles. The number of fused-ring (bicyclic) bond motifs is 1. The number of nitrogens with zero attached hydrogens (tertiary/aromatic N) is 1. The molecule has 0 bridgehead atoms. The maximum Gasteiger partial charge on any atom is 0.253 e. The largest absolute Gasteiger partial charge is 0.352 e. The first-order valence-electron chi connectivity index (χ1n) is 10.5. The summed E-state index contributed by atoms with van der Waals surface area (Å²) in [5, 5.41) is 8.89. The summed E-state index contributed by atoms with van der Waals surface area (Å²) in [6.07, 6.45) is 2.66. The van der Waals surface area contributed by atoms with Gasteiger partial charge in [-0.3, -0.25) is 14.9 Å². The number of amides is 2. The minimum Gasteiger partial charge on any atom is -0.352 e. The number of carbonyl (C=O) groups excluding carboxylic acids is 2. The van der Waals surface area contributed by atoms with E-state index < -0.39 is 0 Å². The zero-order valence-electron chi connectivity index (χ0n) is 17.1. The van der Waals surface area contributed by atoms with Gasteiger partial charge in [0, 0.05) is 30.4 Å². The van der Waals surface area contributed by atoms with Crippen molar-refractivity contribution in [2.75, 3.05) is 18.8 Å². The predicted molar refractivity (Wildman–Crippen MR) is 119 cm³/mol.